The van der Waals surface area contributed by atoms with Crippen LogP contribution in [-0.2, 0) is 0 Å². The number of hydrogen-bond donors (Lipinski definition) is 1. The van der Waals surface area contributed by atoms with E-state index in [0.29, 0.717) is 33.7 Å². The van der Waals surface area contributed by atoms with Gasteiger partial charge < -0.3 is 15.0 Å². The van der Waals surface area contributed by atoms with E-state index < -0.39 is 18.4 Å². The van der Waals surface area contributed by atoms with Gasteiger partial charge in [-0.3, -0.25) is 0 Å². The van der Waals surface area contributed by atoms with Gasteiger partial charge in [-0.25, -0.2) is 14.5 Å². The van der Waals surface area contributed by atoms with Crippen molar-refractivity contribution in [3.8, 4) is 28.9 Å². The molecule has 0 spiro atoms. The molecule has 1 N–H and O–H groups in total. The van der Waals surface area contributed by atoms with Gasteiger partial charge in [0.15, 0.2) is 11.0 Å². The molecule has 2 amide bonds. The normalized spacial score (nSPS) is 15.2. The highest BCUT2D eigenvalue weighted by atomic mass is 32.2. The van der Waals surface area contributed by atoms with Crippen molar-refractivity contribution in [2.24, 2.45) is 4.99 Å². The molecule has 13 heteroatoms. The number of aliphatic imine (C=N–C) groups is 1. The van der Waals surface area contributed by atoms with Crippen LogP contribution in [0.5, 0.6) is 5.75 Å². The van der Waals surface area contributed by atoms with E-state index in [1.165, 1.54) is 52.6 Å². The van der Waals surface area contributed by atoms with E-state index in [2.05, 4.69) is 68.1 Å². The Morgan fingerprint density at radius 2 is 1.84 bits per heavy atom. The second-order valence-electron chi connectivity index (χ2n) is 10.7. The van der Waals surface area contributed by atoms with Crippen LogP contribution in [0.2, 0.25) is 0 Å². The van der Waals surface area contributed by atoms with Crippen LogP contribution in [0.1, 0.15) is 48.9 Å². The van der Waals surface area contributed by atoms with Crippen molar-refractivity contribution in [2.75, 3.05) is 17.2 Å². The number of carbonyl (C=O) groups is 1. The van der Waals surface area contributed by atoms with Gasteiger partial charge in [0.25, 0.3) is 0 Å². The number of urea groups is 1. The number of ether oxygens (including phenoxy) is 1. The molecule has 232 valence electrons. The number of carbonyl (C=O) groups excluding carboxylic acids is 1. The molecule has 2 heterocycles. The summed E-state index contributed by atoms with van der Waals surface area (Å²) in [7, 11) is 0. The average molecular weight is 634 g/mol. The molecule has 0 radical (unpaired) electrons. The summed E-state index contributed by atoms with van der Waals surface area (Å²) in [6.45, 7) is 7.06. The molecular formula is C32H30F3N7O2S. The quantitative estimate of drug-likeness (QED) is 0.224. The zero-order chi connectivity index (χ0) is 32.1. The first kappa shape index (κ1) is 31.6. The molecule has 4 aromatic rings. The van der Waals surface area contributed by atoms with Crippen LogP contribution in [0.15, 0.2) is 78.0 Å². The number of halogens is 3. The van der Waals surface area contributed by atoms with Crippen LogP contribution in [0.4, 0.5) is 23.7 Å². The second-order valence-corrected chi connectivity index (χ2v) is 11.7. The fraction of sp³-hybridized carbons (Fsp3) is 0.281. The first-order valence-electron chi connectivity index (χ1n) is 14.2. The van der Waals surface area contributed by atoms with Crippen LogP contribution in [0, 0.1) is 18.3 Å². The Morgan fingerprint density at radius 1 is 1.11 bits per heavy atom. The molecule has 0 aliphatic carbocycles. The van der Waals surface area contributed by atoms with E-state index in [0.717, 1.165) is 30.0 Å². The smallest absolute Gasteiger partial charge is 0.406 e. The summed E-state index contributed by atoms with van der Waals surface area (Å²) in [5.74, 6) is 1.17. The lowest BCUT2D eigenvalue weighted by Crippen LogP contribution is -2.37. The highest BCUT2D eigenvalue weighted by Gasteiger charge is 2.31. The van der Waals surface area contributed by atoms with Crippen LogP contribution < -0.4 is 15.0 Å². The van der Waals surface area contributed by atoms with E-state index >= 15 is 0 Å². The fourth-order valence-corrected chi connectivity index (χ4v) is 5.78. The number of amidine groups is 1. The Morgan fingerprint density at radius 3 is 2.51 bits per heavy atom. The first-order valence-corrected chi connectivity index (χ1v) is 15.2. The van der Waals surface area contributed by atoms with Crippen molar-refractivity contribution < 1.29 is 22.7 Å². The molecule has 0 saturated carbocycles. The van der Waals surface area contributed by atoms with Gasteiger partial charge in [-0.2, -0.15) is 10.3 Å². The van der Waals surface area contributed by atoms with E-state index in [1.54, 1.807) is 24.3 Å². The number of nitriles is 1. The number of benzene rings is 3. The molecule has 1 aliphatic heterocycles. The molecule has 1 saturated heterocycles. The molecule has 3 aromatic carbocycles. The molecule has 9 nitrogen and oxygen atoms in total. The van der Waals surface area contributed by atoms with E-state index in [-0.39, 0.29) is 5.75 Å². The predicted octanol–water partition coefficient (Wildman–Crippen LogP) is 7.54. The molecule has 0 bridgehead atoms. The van der Waals surface area contributed by atoms with Crippen molar-refractivity contribution in [1.29, 1.82) is 5.26 Å². The number of nitrogens with one attached hydrogen (secondary N) is 1. The Labute approximate surface area is 262 Å². The summed E-state index contributed by atoms with van der Waals surface area (Å²) in [5.41, 5.74) is 5.04. The van der Waals surface area contributed by atoms with Crippen molar-refractivity contribution in [3.63, 3.8) is 0 Å². The average Bonchev–Trinajstić information content (AvgIpc) is 3.50. The number of rotatable bonds is 7. The molecule has 45 heavy (non-hydrogen) atoms. The summed E-state index contributed by atoms with van der Waals surface area (Å²) in [6.07, 6.45) is -2.38. The molecule has 1 aromatic heterocycles. The van der Waals surface area contributed by atoms with Gasteiger partial charge in [0, 0.05) is 23.5 Å². The number of thioether (sulfide) groups is 1. The highest BCUT2D eigenvalue weighted by Crippen LogP contribution is 2.33. The maximum Gasteiger partial charge on any atom is 0.573 e. The van der Waals surface area contributed by atoms with Crippen molar-refractivity contribution >= 4 is 28.6 Å². The lowest BCUT2D eigenvalue weighted by atomic mass is 9.98. The topological polar surface area (TPSA) is 108 Å². The van der Waals surface area contributed by atoms with E-state index in [4.69, 9.17) is 0 Å². The van der Waals surface area contributed by atoms with Gasteiger partial charge in [0.05, 0.1) is 11.8 Å². The molecule has 1 atom stereocenters. The minimum absolute atomic E-state index is 0.297. The number of aryl methyl sites for hydroxylation is 1. The Kier molecular flexibility index (Phi) is 9.43. The number of hydrogen-bond acceptors (Lipinski definition) is 6. The lowest BCUT2D eigenvalue weighted by molar-refractivity contribution is -0.274. The van der Waals surface area contributed by atoms with Gasteiger partial charge in [-0.15, -0.1) is 18.3 Å². The Bertz CT molecular complexity index is 1730. The second kappa shape index (κ2) is 13.4. The third kappa shape index (κ3) is 7.82. The summed E-state index contributed by atoms with van der Waals surface area (Å²) in [4.78, 5) is 23.8. The SMILES string of the molecule is Cc1ccc(C(C)C)c(N2CCCSC2=NC(=O)NC(C#N)c2ccc(-c3ncn(-c4ccc(OC(F)(F)F)cc4)n3)cc2)c1. The molecular weight excluding hydrogens is 603 g/mol. The van der Waals surface area contributed by atoms with Crippen molar-refractivity contribution in [2.45, 2.75) is 45.5 Å². The van der Waals surface area contributed by atoms with Crippen LogP contribution in [-0.4, -0.2) is 44.6 Å². The third-order valence-corrected chi connectivity index (χ3v) is 8.07. The van der Waals surface area contributed by atoms with Crippen molar-refractivity contribution in [3.05, 3.63) is 89.7 Å². The Hall–Kier alpha value is -4.83. The zero-order valence-corrected chi connectivity index (χ0v) is 25.6. The van der Waals surface area contributed by atoms with Crippen LogP contribution >= 0.6 is 11.8 Å². The zero-order valence-electron chi connectivity index (χ0n) is 24.7. The number of alkyl halides is 3. The Balaban J connectivity index is 1.28. The molecule has 1 unspecified atom stereocenters. The van der Waals surface area contributed by atoms with Crippen molar-refractivity contribution in [1.82, 2.24) is 20.1 Å². The summed E-state index contributed by atoms with van der Waals surface area (Å²) < 4.78 is 42.6. The molecule has 1 fully saturated rings. The van der Waals surface area contributed by atoms with Crippen LogP contribution in [0.25, 0.3) is 17.1 Å². The van der Waals surface area contributed by atoms with Gasteiger partial charge in [0.1, 0.15) is 18.1 Å². The number of aromatic nitrogens is 3. The summed E-state index contributed by atoms with van der Waals surface area (Å²) in [6, 6.07) is 19.0. The largest absolute Gasteiger partial charge is 0.573 e. The van der Waals surface area contributed by atoms with Gasteiger partial charge in [-0.1, -0.05) is 62.0 Å². The number of amides is 2. The minimum Gasteiger partial charge on any atom is -0.406 e. The molecule has 5 rings (SSSR count). The summed E-state index contributed by atoms with van der Waals surface area (Å²) >= 11 is 1.52. The standard InChI is InChI=1S/C32H30F3N7O2S/c1-20(2)26-14-5-21(3)17-28(26)41-15-4-16-45-31(41)39-30(43)38-27(18-36)22-6-8-23(9-7-22)29-37-19-42(40-29)24-10-12-25(13-11-24)44-32(33,34)35/h5-14,17,19-20,27H,4,15-16H2,1-3H3,(H,38,43). The maximum absolute atomic E-state index is 13.1. The highest BCUT2D eigenvalue weighted by molar-refractivity contribution is 8.14. The van der Waals surface area contributed by atoms with Gasteiger partial charge in [-0.05, 0) is 66.3 Å². The van der Waals surface area contributed by atoms with Gasteiger partial charge in [0.2, 0.25) is 0 Å². The predicted molar refractivity (Wildman–Crippen MR) is 167 cm³/mol. The number of anilines is 1. The van der Waals surface area contributed by atoms with Crippen LogP contribution in [0.3, 0.4) is 0 Å². The van der Waals surface area contributed by atoms with E-state index in [1.807, 2.05) is 6.92 Å². The molecule has 1 aliphatic rings. The maximum atomic E-state index is 13.1. The third-order valence-electron chi connectivity index (χ3n) is 7.01. The lowest BCUT2D eigenvalue weighted by Gasteiger charge is -2.32. The number of nitrogens with zero attached hydrogens (tertiary/aromatic N) is 6. The summed E-state index contributed by atoms with van der Waals surface area (Å²) in [5, 5.41) is 17.6. The van der Waals surface area contributed by atoms with Gasteiger partial charge >= 0.3 is 12.4 Å². The first-order chi connectivity index (χ1) is 21.5. The van der Waals surface area contributed by atoms with E-state index in [9.17, 15) is 23.2 Å². The minimum atomic E-state index is -4.77. The fourth-order valence-electron chi connectivity index (χ4n) is 4.83. The monoisotopic (exact) mass is 633 g/mol.